The third kappa shape index (κ3) is 5.91. The minimum atomic E-state index is -0.286. The monoisotopic (exact) mass is 571 g/mol. The maximum Gasteiger partial charge on any atom is 0.150 e. The van der Waals surface area contributed by atoms with E-state index in [4.69, 9.17) is 18.9 Å². The molecule has 2 aliphatic heterocycles. The maximum absolute atomic E-state index is 6.84. The van der Waals surface area contributed by atoms with Gasteiger partial charge in [-0.2, -0.15) is 0 Å². The van der Waals surface area contributed by atoms with Crippen LogP contribution < -0.4 is 18.9 Å². The fourth-order valence-electron chi connectivity index (χ4n) is 6.26. The number of piperidine rings is 1. The highest BCUT2D eigenvalue weighted by molar-refractivity contribution is 5.95. The lowest BCUT2D eigenvalue weighted by Crippen LogP contribution is -2.33. The first-order valence-electron chi connectivity index (χ1n) is 15.3. The molecule has 0 bridgehead atoms. The average molecular weight is 572 g/mol. The van der Waals surface area contributed by atoms with Crippen LogP contribution in [0.15, 0.2) is 103 Å². The molecule has 0 N–H and O–H groups in total. The summed E-state index contributed by atoms with van der Waals surface area (Å²) in [7, 11) is 1.70. The van der Waals surface area contributed by atoms with Gasteiger partial charge in [0.05, 0.1) is 7.11 Å². The van der Waals surface area contributed by atoms with Crippen molar-refractivity contribution in [2.75, 3.05) is 33.4 Å². The molecule has 1 saturated heterocycles. The second-order valence-corrected chi connectivity index (χ2v) is 11.4. The number of methoxy groups -OCH3 is 1. The molecular weight excluding hydrogens is 534 g/mol. The fraction of sp³-hybridized carbons (Fsp3) is 0.263. The van der Waals surface area contributed by atoms with E-state index < -0.39 is 0 Å². The molecule has 1 unspecified atom stereocenters. The zero-order valence-corrected chi connectivity index (χ0v) is 24.6. The van der Waals surface area contributed by atoms with E-state index in [0.717, 1.165) is 62.6 Å². The van der Waals surface area contributed by atoms with E-state index in [1.165, 1.54) is 37.9 Å². The lowest BCUT2D eigenvalue weighted by Gasteiger charge is -2.31. The Morgan fingerprint density at radius 2 is 1.49 bits per heavy atom. The van der Waals surface area contributed by atoms with Crippen LogP contribution in [0, 0.1) is 0 Å². The first kappa shape index (κ1) is 27.4. The van der Waals surface area contributed by atoms with Gasteiger partial charge in [0, 0.05) is 23.7 Å². The quantitative estimate of drug-likeness (QED) is 0.178. The van der Waals surface area contributed by atoms with E-state index in [-0.39, 0.29) is 6.10 Å². The van der Waals surface area contributed by atoms with Crippen molar-refractivity contribution in [3.8, 4) is 34.1 Å². The number of ether oxygens (including phenoxy) is 4. The van der Waals surface area contributed by atoms with Gasteiger partial charge in [0.2, 0.25) is 0 Å². The molecule has 5 aromatic carbocycles. The van der Waals surface area contributed by atoms with Gasteiger partial charge in [-0.05, 0) is 89.8 Å². The molecule has 5 aromatic rings. The largest absolute Gasteiger partial charge is 0.497 e. The van der Waals surface area contributed by atoms with E-state index in [1.807, 2.05) is 36.4 Å². The van der Waals surface area contributed by atoms with Crippen molar-refractivity contribution in [3.05, 3.63) is 120 Å². The van der Waals surface area contributed by atoms with Gasteiger partial charge in [0.15, 0.2) is 6.10 Å². The van der Waals surface area contributed by atoms with Gasteiger partial charge in [0.1, 0.15) is 36.2 Å². The van der Waals surface area contributed by atoms with E-state index in [0.29, 0.717) is 13.2 Å². The molecule has 5 nitrogen and oxygen atoms in total. The fourth-order valence-corrected chi connectivity index (χ4v) is 6.26. The lowest BCUT2D eigenvalue weighted by molar-refractivity contribution is 0.183. The Morgan fingerprint density at radius 3 is 2.30 bits per heavy atom. The normalized spacial score (nSPS) is 16.2. The first-order chi connectivity index (χ1) is 21.2. The van der Waals surface area contributed by atoms with Gasteiger partial charge in [0.25, 0.3) is 0 Å². The molecular formula is C38H37NO4. The Hall–Kier alpha value is -4.48. The smallest absolute Gasteiger partial charge is 0.150 e. The number of rotatable bonds is 9. The van der Waals surface area contributed by atoms with Gasteiger partial charge in [-0.3, -0.25) is 4.90 Å². The van der Waals surface area contributed by atoms with Crippen molar-refractivity contribution in [3.63, 3.8) is 0 Å². The molecule has 0 aromatic heterocycles. The van der Waals surface area contributed by atoms with Gasteiger partial charge >= 0.3 is 0 Å². The van der Waals surface area contributed by atoms with Crippen LogP contribution in [0.3, 0.4) is 0 Å². The van der Waals surface area contributed by atoms with Crippen LogP contribution in [0.25, 0.3) is 21.9 Å². The number of nitrogens with zero attached hydrogens (tertiary/aromatic N) is 1. The average Bonchev–Trinajstić information content (AvgIpc) is 3.07. The van der Waals surface area contributed by atoms with Gasteiger partial charge < -0.3 is 18.9 Å². The molecule has 0 spiro atoms. The third-order valence-corrected chi connectivity index (χ3v) is 8.57. The Morgan fingerprint density at radius 1 is 0.721 bits per heavy atom. The molecule has 0 aliphatic carbocycles. The van der Waals surface area contributed by atoms with Crippen LogP contribution in [0.1, 0.15) is 42.1 Å². The summed E-state index contributed by atoms with van der Waals surface area (Å²) < 4.78 is 24.7. The summed E-state index contributed by atoms with van der Waals surface area (Å²) in [6.45, 7) is 4.54. The van der Waals surface area contributed by atoms with Gasteiger partial charge in [-0.15, -0.1) is 0 Å². The Bertz CT molecular complexity index is 1690. The Labute approximate surface area is 253 Å². The van der Waals surface area contributed by atoms with E-state index in [2.05, 4.69) is 71.6 Å². The molecule has 0 saturated carbocycles. The van der Waals surface area contributed by atoms with Gasteiger partial charge in [-0.1, -0.05) is 67.1 Å². The van der Waals surface area contributed by atoms with Crippen molar-refractivity contribution in [2.24, 2.45) is 0 Å². The van der Waals surface area contributed by atoms with Crippen molar-refractivity contribution in [2.45, 2.75) is 32.0 Å². The summed E-state index contributed by atoms with van der Waals surface area (Å²) in [5, 5.41) is 2.27. The highest BCUT2D eigenvalue weighted by Gasteiger charge is 2.30. The zero-order chi connectivity index (χ0) is 29.0. The zero-order valence-electron chi connectivity index (χ0n) is 24.6. The standard InChI is InChI=1S/C38H37NO4/c1-40-31-15-18-33-29(24-31)12-17-35-34-19-16-32(42-26-27-8-4-2-5-9-27)25-36(34)43-38(37(33)35)28-10-13-30(14-11-28)41-23-22-39-20-6-3-7-21-39/h2,4-5,8-19,24-25,38H,3,6-7,20-23,26H2,1H3. The second kappa shape index (κ2) is 12.4. The number of fused-ring (bicyclic) bond motifs is 5. The predicted molar refractivity (Wildman–Crippen MR) is 171 cm³/mol. The minimum Gasteiger partial charge on any atom is -0.497 e. The summed E-state index contributed by atoms with van der Waals surface area (Å²) in [6.07, 6.45) is 3.65. The second-order valence-electron chi connectivity index (χ2n) is 11.4. The molecule has 7 rings (SSSR count). The lowest BCUT2D eigenvalue weighted by atomic mass is 9.86. The topological polar surface area (TPSA) is 40.2 Å². The molecule has 218 valence electrons. The molecule has 0 radical (unpaired) electrons. The Balaban J connectivity index is 1.19. The van der Waals surface area contributed by atoms with Crippen LogP contribution in [-0.4, -0.2) is 38.3 Å². The first-order valence-corrected chi connectivity index (χ1v) is 15.3. The summed E-state index contributed by atoms with van der Waals surface area (Å²) in [4.78, 5) is 2.50. The van der Waals surface area contributed by atoms with E-state index in [1.54, 1.807) is 7.11 Å². The molecule has 1 fully saturated rings. The van der Waals surface area contributed by atoms with Crippen LogP contribution in [0.5, 0.6) is 23.0 Å². The Kier molecular flexibility index (Phi) is 7.89. The molecule has 43 heavy (non-hydrogen) atoms. The minimum absolute atomic E-state index is 0.286. The predicted octanol–water partition coefficient (Wildman–Crippen LogP) is 8.44. The third-order valence-electron chi connectivity index (χ3n) is 8.57. The van der Waals surface area contributed by atoms with Crippen molar-refractivity contribution in [1.29, 1.82) is 0 Å². The maximum atomic E-state index is 6.84. The number of benzene rings is 5. The molecule has 0 amide bonds. The summed E-state index contributed by atoms with van der Waals surface area (Å²) >= 11 is 0. The van der Waals surface area contributed by atoms with Crippen LogP contribution in [-0.2, 0) is 6.61 Å². The highest BCUT2D eigenvalue weighted by atomic mass is 16.5. The van der Waals surface area contributed by atoms with Crippen molar-refractivity contribution in [1.82, 2.24) is 4.90 Å². The van der Waals surface area contributed by atoms with Crippen molar-refractivity contribution >= 4 is 10.8 Å². The van der Waals surface area contributed by atoms with Crippen molar-refractivity contribution < 1.29 is 18.9 Å². The summed E-state index contributed by atoms with van der Waals surface area (Å²) in [6, 6.07) is 35.4. The van der Waals surface area contributed by atoms with Crippen LogP contribution in [0.2, 0.25) is 0 Å². The summed E-state index contributed by atoms with van der Waals surface area (Å²) in [5.41, 5.74) is 5.59. The molecule has 2 aliphatic rings. The molecule has 5 heteroatoms. The number of likely N-dealkylation sites (tertiary alicyclic amines) is 1. The molecule has 2 heterocycles. The van der Waals surface area contributed by atoms with Crippen LogP contribution in [0.4, 0.5) is 0 Å². The van der Waals surface area contributed by atoms with Crippen LogP contribution >= 0.6 is 0 Å². The summed E-state index contributed by atoms with van der Waals surface area (Å²) in [5.74, 6) is 3.33. The van der Waals surface area contributed by atoms with Gasteiger partial charge in [-0.25, -0.2) is 0 Å². The van der Waals surface area contributed by atoms with E-state index in [9.17, 15) is 0 Å². The number of hydrogen-bond acceptors (Lipinski definition) is 5. The number of hydrogen-bond donors (Lipinski definition) is 0. The molecule has 1 atom stereocenters. The highest BCUT2D eigenvalue weighted by Crippen LogP contribution is 2.49. The SMILES string of the molecule is COc1ccc2c3c(ccc2c1)-c1ccc(OCc2ccccc2)cc1OC3c1ccc(OCCN2CCCCC2)cc1. The van der Waals surface area contributed by atoms with E-state index >= 15 is 0 Å².